The molecule has 1 aromatic rings. The summed E-state index contributed by atoms with van der Waals surface area (Å²) in [6.07, 6.45) is 0.872. The zero-order chi connectivity index (χ0) is 14.8. The molecule has 1 aromatic carbocycles. The van der Waals surface area contributed by atoms with Crippen LogP contribution in [0.25, 0.3) is 0 Å². The predicted molar refractivity (Wildman–Crippen MR) is 80.0 cm³/mol. The maximum atomic E-state index is 10.8. The van der Waals surface area contributed by atoms with Crippen molar-refractivity contribution in [3.63, 3.8) is 0 Å². The highest BCUT2D eigenvalue weighted by Gasteiger charge is 2.05. The Bertz CT molecular complexity index is 466. The van der Waals surface area contributed by atoms with Crippen LogP contribution in [0.5, 0.6) is 11.5 Å². The van der Waals surface area contributed by atoms with Crippen molar-refractivity contribution in [3.05, 3.63) is 23.8 Å². The van der Waals surface area contributed by atoms with Crippen LogP contribution in [0.3, 0.4) is 0 Å². The van der Waals surface area contributed by atoms with Crippen LogP contribution in [-0.4, -0.2) is 38.0 Å². The number of ether oxygens (including phenoxy) is 3. The maximum absolute atomic E-state index is 10.8. The first-order valence-corrected chi connectivity index (χ1v) is 7.16. The fourth-order valence-electron chi connectivity index (χ4n) is 1.35. The number of benzene rings is 1. The lowest BCUT2D eigenvalue weighted by Crippen LogP contribution is -2.16. The zero-order valence-electron chi connectivity index (χ0n) is 11.4. The van der Waals surface area contributed by atoms with Gasteiger partial charge in [0.05, 0.1) is 26.5 Å². The summed E-state index contributed by atoms with van der Waals surface area (Å²) in [4.78, 5) is 10.8. The van der Waals surface area contributed by atoms with Crippen LogP contribution in [-0.2, 0) is 4.74 Å². The number of alkyl halides is 1. The summed E-state index contributed by atoms with van der Waals surface area (Å²) in [5.74, 6) is 1.31. The van der Waals surface area contributed by atoms with E-state index in [9.17, 15) is 4.79 Å². The number of halogens is 1. The summed E-state index contributed by atoms with van der Waals surface area (Å²) in [5.41, 5.74) is 2.99. The number of nitrogens with one attached hydrogen (secondary N) is 1. The molecule has 7 heteroatoms. The highest BCUT2D eigenvalue weighted by atomic mass is 79.9. The molecule has 0 saturated heterocycles. The molecule has 110 valence electrons. The van der Waals surface area contributed by atoms with Crippen LogP contribution in [0.15, 0.2) is 23.3 Å². The highest BCUT2D eigenvalue weighted by Crippen LogP contribution is 2.28. The molecule has 0 aliphatic rings. The van der Waals surface area contributed by atoms with Gasteiger partial charge in [-0.2, -0.15) is 5.10 Å². The van der Waals surface area contributed by atoms with Crippen LogP contribution in [0.1, 0.15) is 12.5 Å². The van der Waals surface area contributed by atoms with Crippen molar-refractivity contribution in [1.29, 1.82) is 0 Å². The number of amides is 1. The molecule has 0 aromatic heterocycles. The van der Waals surface area contributed by atoms with Crippen molar-refractivity contribution in [2.75, 3.05) is 25.7 Å². The van der Waals surface area contributed by atoms with E-state index < -0.39 is 6.09 Å². The monoisotopic (exact) mass is 344 g/mol. The summed E-state index contributed by atoms with van der Waals surface area (Å²) in [5, 5.41) is 4.49. The van der Waals surface area contributed by atoms with Gasteiger partial charge in [-0.3, -0.25) is 0 Å². The molecule has 0 radical (unpaired) electrons. The van der Waals surface area contributed by atoms with Gasteiger partial charge in [-0.1, -0.05) is 15.9 Å². The molecule has 0 unspecified atom stereocenters. The fourth-order valence-corrected chi connectivity index (χ4v) is 1.51. The predicted octanol–water partition coefficient (Wildman–Crippen LogP) is 2.55. The number of nitrogens with zero attached hydrogens (tertiary/aromatic N) is 1. The molecule has 0 bridgehead atoms. The molecule has 0 aliphatic carbocycles. The Labute approximate surface area is 126 Å². The van der Waals surface area contributed by atoms with Crippen LogP contribution < -0.4 is 14.9 Å². The molecule has 1 amide bonds. The number of rotatable bonds is 7. The van der Waals surface area contributed by atoms with Gasteiger partial charge in [-0.25, -0.2) is 10.2 Å². The summed E-state index contributed by atoms with van der Waals surface area (Å²) < 4.78 is 15.5. The van der Waals surface area contributed by atoms with E-state index in [1.54, 1.807) is 12.1 Å². The molecule has 0 fully saturated rings. The molecule has 0 heterocycles. The van der Waals surface area contributed by atoms with E-state index >= 15 is 0 Å². The van der Waals surface area contributed by atoms with Crippen molar-refractivity contribution >= 4 is 28.2 Å². The van der Waals surface area contributed by atoms with Crippen molar-refractivity contribution < 1.29 is 19.0 Å². The quantitative estimate of drug-likeness (QED) is 0.468. The first-order chi connectivity index (χ1) is 9.71. The Morgan fingerprint density at radius 1 is 1.40 bits per heavy atom. The molecule has 0 spiro atoms. The number of carbonyl (C=O) groups is 1. The summed E-state index contributed by atoms with van der Waals surface area (Å²) >= 11 is 3.30. The number of hydrogen-bond donors (Lipinski definition) is 1. The molecule has 1 rings (SSSR count). The molecule has 6 nitrogen and oxygen atoms in total. The van der Waals surface area contributed by atoms with Gasteiger partial charge in [0.2, 0.25) is 0 Å². The summed E-state index contributed by atoms with van der Waals surface area (Å²) in [7, 11) is 1.27. The molecule has 0 saturated carbocycles. The zero-order valence-corrected chi connectivity index (χ0v) is 13.0. The third-order valence-corrected chi connectivity index (χ3v) is 2.48. The second-order valence-electron chi connectivity index (χ2n) is 3.54. The Morgan fingerprint density at radius 3 is 2.85 bits per heavy atom. The Kier molecular flexibility index (Phi) is 7.49. The van der Waals surface area contributed by atoms with E-state index in [1.807, 2.05) is 13.0 Å². The van der Waals surface area contributed by atoms with Crippen molar-refractivity contribution in [1.82, 2.24) is 5.43 Å². The second-order valence-corrected chi connectivity index (χ2v) is 4.33. The third kappa shape index (κ3) is 5.48. The SMILES string of the molecule is CCOc1cc(/C=N\NC(=O)OC)ccc1OCCBr. The lowest BCUT2D eigenvalue weighted by atomic mass is 10.2. The van der Waals surface area contributed by atoms with E-state index in [0.717, 1.165) is 10.9 Å². The lowest BCUT2D eigenvalue weighted by molar-refractivity contribution is 0.171. The van der Waals surface area contributed by atoms with Gasteiger partial charge in [0.25, 0.3) is 0 Å². The normalized spacial score (nSPS) is 10.3. The average Bonchev–Trinajstić information content (AvgIpc) is 2.46. The van der Waals surface area contributed by atoms with Gasteiger partial charge >= 0.3 is 6.09 Å². The summed E-state index contributed by atoms with van der Waals surface area (Å²) in [6, 6.07) is 5.40. The smallest absolute Gasteiger partial charge is 0.427 e. The molecule has 0 aliphatic heterocycles. The van der Waals surface area contributed by atoms with Crippen LogP contribution >= 0.6 is 15.9 Å². The first-order valence-electron chi connectivity index (χ1n) is 6.03. The topological polar surface area (TPSA) is 69.2 Å². The van der Waals surface area contributed by atoms with Crippen LogP contribution in [0.4, 0.5) is 4.79 Å². The van der Waals surface area contributed by atoms with E-state index in [0.29, 0.717) is 24.7 Å². The first kappa shape index (κ1) is 16.3. The van der Waals surface area contributed by atoms with Gasteiger partial charge < -0.3 is 14.2 Å². The minimum Gasteiger partial charge on any atom is -0.490 e. The Balaban J connectivity index is 2.78. The number of hydrogen-bond acceptors (Lipinski definition) is 5. The number of carbonyl (C=O) groups excluding carboxylic acids is 1. The molecule has 1 N–H and O–H groups in total. The largest absolute Gasteiger partial charge is 0.490 e. The average molecular weight is 345 g/mol. The van der Waals surface area contributed by atoms with Crippen LogP contribution in [0.2, 0.25) is 0 Å². The van der Waals surface area contributed by atoms with E-state index in [-0.39, 0.29) is 0 Å². The molecule has 20 heavy (non-hydrogen) atoms. The molecular formula is C13H17BrN2O4. The Morgan fingerprint density at radius 2 is 2.20 bits per heavy atom. The number of hydrazone groups is 1. The van der Waals surface area contributed by atoms with Crippen molar-refractivity contribution in [2.45, 2.75) is 6.92 Å². The highest BCUT2D eigenvalue weighted by molar-refractivity contribution is 9.09. The van der Waals surface area contributed by atoms with E-state index in [2.05, 4.69) is 31.2 Å². The van der Waals surface area contributed by atoms with Gasteiger partial charge in [-0.15, -0.1) is 0 Å². The van der Waals surface area contributed by atoms with Gasteiger partial charge in [0, 0.05) is 5.33 Å². The van der Waals surface area contributed by atoms with E-state index in [4.69, 9.17) is 9.47 Å². The second kappa shape index (κ2) is 9.19. The lowest BCUT2D eigenvalue weighted by Gasteiger charge is -2.11. The van der Waals surface area contributed by atoms with E-state index in [1.165, 1.54) is 13.3 Å². The van der Waals surface area contributed by atoms with Gasteiger partial charge in [0.15, 0.2) is 11.5 Å². The standard InChI is InChI=1S/C13H17BrN2O4/c1-3-19-12-8-10(9-15-16-13(17)18-2)4-5-11(12)20-7-6-14/h4-5,8-9H,3,6-7H2,1-2H3,(H,16,17)/b15-9-. The summed E-state index contributed by atoms with van der Waals surface area (Å²) in [6.45, 7) is 2.98. The van der Waals surface area contributed by atoms with Crippen molar-refractivity contribution in [2.24, 2.45) is 5.10 Å². The minimum atomic E-state index is -0.622. The van der Waals surface area contributed by atoms with Crippen molar-refractivity contribution in [3.8, 4) is 11.5 Å². The van der Waals surface area contributed by atoms with Gasteiger partial charge in [-0.05, 0) is 30.7 Å². The molecular weight excluding hydrogens is 328 g/mol. The fraction of sp³-hybridized carbons (Fsp3) is 0.385. The maximum Gasteiger partial charge on any atom is 0.427 e. The van der Waals surface area contributed by atoms with Gasteiger partial charge in [0.1, 0.15) is 0 Å². The number of methoxy groups -OCH3 is 1. The Hall–Kier alpha value is -1.76. The van der Waals surface area contributed by atoms with Crippen LogP contribution in [0, 0.1) is 0 Å². The molecule has 0 atom stereocenters. The minimum absolute atomic E-state index is 0.533. The third-order valence-electron chi connectivity index (χ3n) is 2.16.